The second-order valence-corrected chi connectivity index (χ2v) is 6.66. The van der Waals surface area contributed by atoms with Crippen molar-refractivity contribution in [1.29, 1.82) is 0 Å². The van der Waals surface area contributed by atoms with Gasteiger partial charge in [-0.2, -0.15) is 0 Å². The molecule has 1 aromatic rings. The SMILES string of the molecule is CCCC(CCC)CCOc1ccc(CCC(C)C)cc1.CN. The largest absolute Gasteiger partial charge is 0.494 e. The van der Waals surface area contributed by atoms with Gasteiger partial charge in [-0.05, 0) is 55.8 Å². The zero-order valence-corrected chi connectivity index (χ0v) is 16.1. The van der Waals surface area contributed by atoms with Crippen molar-refractivity contribution in [3.8, 4) is 5.75 Å². The van der Waals surface area contributed by atoms with E-state index in [4.69, 9.17) is 4.74 Å². The fraction of sp³-hybridized carbons (Fsp3) is 0.714. The molecule has 0 saturated heterocycles. The summed E-state index contributed by atoms with van der Waals surface area (Å²) in [5, 5.41) is 0. The first-order valence-electron chi connectivity index (χ1n) is 9.45. The number of nitrogens with two attached hydrogens (primary N) is 1. The summed E-state index contributed by atoms with van der Waals surface area (Å²) in [6.07, 6.45) is 8.88. The van der Waals surface area contributed by atoms with Crippen LogP contribution in [0.2, 0.25) is 0 Å². The molecule has 0 aromatic heterocycles. The highest BCUT2D eigenvalue weighted by molar-refractivity contribution is 5.27. The smallest absolute Gasteiger partial charge is 0.119 e. The van der Waals surface area contributed by atoms with Crippen LogP contribution in [0.1, 0.15) is 71.8 Å². The highest BCUT2D eigenvalue weighted by atomic mass is 16.5. The van der Waals surface area contributed by atoms with Crippen molar-refractivity contribution in [3.63, 3.8) is 0 Å². The lowest BCUT2D eigenvalue weighted by molar-refractivity contribution is 0.264. The van der Waals surface area contributed by atoms with Crippen LogP contribution in [0.4, 0.5) is 0 Å². The van der Waals surface area contributed by atoms with Crippen molar-refractivity contribution in [2.45, 2.75) is 72.6 Å². The van der Waals surface area contributed by atoms with Gasteiger partial charge < -0.3 is 10.5 Å². The molecular formula is C21H39NO. The maximum absolute atomic E-state index is 5.91. The molecule has 0 aliphatic heterocycles. The fourth-order valence-corrected chi connectivity index (χ4v) is 2.80. The average molecular weight is 322 g/mol. The molecule has 134 valence electrons. The Morgan fingerprint density at radius 2 is 1.43 bits per heavy atom. The predicted molar refractivity (Wildman–Crippen MR) is 103 cm³/mol. The third-order valence-electron chi connectivity index (χ3n) is 4.12. The van der Waals surface area contributed by atoms with Gasteiger partial charge in [0.25, 0.3) is 0 Å². The molecule has 1 aromatic carbocycles. The van der Waals surface area contributed by atoms with Gasteiger partial charge >= 0.3 is 0 Å². The maximum Gasteiger partial charge on any atom is 0.119 e. The standard InChI is InChI=1S/C20H34O.CH5N/c1-5-7-18(8-6-2)15-16-21-20-13-11-19(12-14-20)10-9-17(3)4;1-2/h11-14,17-18H,5-10,15-16H2,1-4H3;2H2,1H3. The molecule has 0 unspecified atom stereocenters. The van der Waals surface area contributed by atoms with Crippen LogP contribution in [-0.2, 0) is 6.42 Å². The molecule has 2 N–H and O–H groups in total. The zero-order valence-electron chi connectivity index (χ0n) is 16.1. The Labute approximate surface area is 144 Å². The number of rotatable bonds is 11. The van der Waals surface area contributed by atoms with Crippen molar-refractivity contribution in [2.75, 3.05) is 13.7 Å². The summed E-state index contributed by atoms with van der Waals surface area (Å²) in [4.78, 5) is 0. The predicted octanol–water partition coefficient (Wildman–Crippen LogP) is 5.84. The molecule has 0 bridgehead atoms. The highest BCUT2D eigenvalue weighted by Gasteiger charge is 2.07. The monoisotopic (exact) mass is 321 g/mol. The molecule has 1 rings (SSSR count). The lowest BCUT2D eigenvalue weighted by atomic mass is 9.95. The van der Waals surface area contributed by atoms with Crippen molar-refractivity contribution in [2.24, 2.45) is 17.6 Å². The molecule has 2 nitrogen and oxygen atoms in total. The molecule has 0 fully saturated rings. The van der Waals surface area contributed by atoms with Crippen LogP contribution in [0.25, 0.3) is 0 Å². The molecule has 0 atom stereocenters. The van der Waals surface area contributed by atoms with Gasteiger partial charge in [-0.3, -0.25) is 0 Å². The molecule has 0 heterocycles. The first-order valence-corrected chi connectivity index (χ1v) is 9.45. The highest BCUT2D eigenvalue weighted by Crippen LogP contribution is 2.19. The molecule has 0 aliphatic carbocycles. The summed E-state index contributed by atoms with van der Waals surface area (Å²) >= 11 is 0. The minimum absolute atomic E-state index is 0.773. The number of ether oxygens (including phenoxy) is 1. The maximum atomic E-state index is 5.91. The van der Waals surface area contributed by atoms with Crippen LogP contribution in [0.5, 0.6) is 5.75 Å². The third kappa shape index (κ3) is 11.2. The van der Waals surface area contributed by atoms with Gasteiger partial charge in [-0.25, -0.2) is 0 Å². The number of benzene rings is 1. The number of hydrogen-bond donors (Lipinski definition) is 1. The first-order chi connectivity index (χ1) is 11.2. The van der Waals surface area contributed by atoms with Crippen molar-refractivity contribution in [1.82, 2.24) is 0 Å². The van der Waals surface area contributed by atoms with E-state index in [1.54, 1.807) is 0 Å². The lowest BCUT2D eigenvalue weighted by Crippen LogP contribution is -2.07. The molecule has 0 amide bonds. The van der Waals surface area contributed by atoms with Crippen LogP contribution >= 0.6 is 0 Å². The lowest BCUT2D eigenvalue weighted by Gasteiger charge is -2.15. The zero-order chi connectivity index (χ0) is 17.5. The third-order valence-corrected chi connectivity index (χ3v) is 4.12. The Morgan fingerprint density at radius 1 is 0.870 bits per heavy atom. The van der Waals surface area contributed by atoms with Crippen LogP contribution < -0.4 is 10.5 Å². The minimum Gasteiger partial charge on any atom is -0.494 e. The van der Waals surface area contributed by atoms with Crippen molar-refractivity contribution in [3.05, 3.63) is 29.8 Å². The minimum atomic E-state index is 0.773. The molecular weight excluding hydrogens is 282 g/mol. The summed E-state index contributed by atoms with van der Waals surface area (Å²) < 4.78 is 5.91. The summed E-state index contributed by atoms with van der Waals surface area (Å²) in [7, 11) is 1.50. The average Bonchev–Trinajstić information content (AvgIpc) is 2.56. The summed E-state index contributed by atoms with van der Waals surface area (Å²) in [6.45, 7) is 9.97. The van der Waals surface area contributed by atoms with Gasteiger partial charge in [-0.15, -0.1) is 0 Å². The van der Waals surface area contributed by atoms with Crippen LogP contribution in [0, 0.1) is 11.8 Å². The van der Waals surface area contributed by atoms with E-state index in [1.165, 1.54) is 57.6 Å². The first kappa shape index (κ1) is 22.0. The van der Waals surface area contributed by atoms with Gasteiger partial charge in [0.15, 0.2) is 0 Å². The Bertz CT molecular complexity index is 353. The molecule has 0 aliphatic rings. The van der Waals surface area contributed by atoms with E-state index in [2.05, 4.69) is 57.7 Å². The summed E-state index contributed by atoms with van der Waals surface area (Å²) in [5.74, 6) is 2.63. The van der Waals surface area contributed by atoms with E-state index >= 15 is 0 Å². The Morgan fingerprint density at radius 3 is 1.91 bits per heavy atom. The van der Waals surface area contributed by atoms with Gasteiger partial charge in [0.2, 0.25) is 0 Å². The quantitative estimate of drug-likeness (QED) is 0.556. The van der Waals surface area contributed by atoms with Crippen molar-refractivity contribution >= 4 is 0 Å². The summed E-state index contributed by atoms with van der Waals surface area (Å²) in [5.41, 5.74) is 5.92. The van der Waals surface area contributed by atoms with Gasteiger partial charge in [0.1, 0.15) is 5.75 Å². The fourth-order valence-electron chi connectivity index (χ4n) is 2.80. The Hall–Kier alpha value is -1.02. The van der Waals surface area contributed by atoms with Crippen molar-refractivity contribution < 1.29 is 4.74 Å². The van der Waals surface area contributed by atoms with Crippen LogP contribution in [0.15, 0.2) is 24.3 Å². The Balaban J connectivity index is 0.00000232. The van der Waals surface area contributed by atoms with E-state index in [0.29, 0.717) is 0 Å². The van der Waals surface area contributed by atoms with E-state index in [9.17, 15) is 0 Å². The second kappa shape index (κ2) is 14.6. The molecule has 0 saturated carbocycles. The van der Waals surface area contributed by atoms with E-state index in [1.807, 2.05) is 0 Å². The van der Waals surface area contributed by atoms with E-state index < -0.39 is 0 Å². The number of aryl methyl sites for hydroxylation is 1. The topological polar surface area (TPSA) is 35.2 Å². The van der Waals surface area contributed by atoms with Gasteiger partial charge in [-0.1, -0.05) is 65.5 Å². The van der Waals surface area contributed by atoms with E-state index in [0.717, 1.165) is 24.2 Å². The van der Waals surface area contributed by atoms with E-state index in [-0.39, 0.29) is 0 Å². The van der Waals surface area contributed by atoms with Gasteiger partial charge in [0.05, 0.1) is 6.61 Å². The second-order valence-electron chi connectivity index (χ2n) is 6.66. The normalized spacial score (nSPS) is 10.6. The van der Waals surface area contributed by atoms with Crippen LogP contribution in [0.3, 0.4) is 0 Å². The van der Waals surface area contributed by atoms with Gasteiger partial charge in [0, 0.05) is 0 Å². The summed E-state index contributed by atoms with van der Waals surface area (Å²) in [6, 6.07) is 8.69. The molecule has 23 heavy (non-hydrogen) atoms. The van der Waals surface area contributed by atoms with Crippen LogP contribution in [-0.4, -0.2) is 13.7 Å². The molecule has 0 radical (unpaired) electrons. The number of hydrogen-bond acceptors (Lipinski definition) is 2. The molecule has 0 spiro atoms. The Kier molecular flexibility index (Phi) is 13.9. The molecule has 2 heteroatoms.